The molecule has 0 radical (unpaired) electrons. The lowest BCUT2D eigenvalue weighted by Gasteiger charge is -2.35. The van der Waals surface area contributed by atoms with Crippen LogP contribution in [0.25, 0.3) is 0 Å². The number of aryl methyl sites for hydroxylation is 1. The molecule has 1 saturated heterocycles. The van der Waals surface area contributed by atoms with Crippen molar-refractivity contribution in [2.45, 2.75) is 30.7 Å². The molecule has 1 aliphatic rings. The maximum atomic E-state index is 12.5. The van der Waals surface area contributed by atoms with Crippen LogP contribution in [0, 0.1) is 5.92 Å². The van der Waals surface area contributed by atoms with E-state index in [1.807, 2.05) is 6.92 Å². The van der Waals surface area contributed by atoms with E-state index < -0.39 is 21.8 Å². The number of piperidine rings is 1. The average molecular weight is 286 g/mol. The van der Waals surface area contributed by atoms with Crippen LogP contribution in [-0.2, 0) is 21.9 Å². The van der Waals surface area contributed by atoms with E-state index in [0.717, 1.165) is 0 Å². The van der Waals surface area contributed by atoms with Crippen molar-refractivity contribution < 1.29 is 13.2 Å². The second-order valence-electron chi connectivity index (χ2n) is 4.95. The Bertz CT molecular complexity index is 581. The number of aromatic nitrogens is 2. The zero-order valence-corrected chi connectivity index (χ0v) is 11.8. The van der Waals surface area contributed by atoms with Crippen LogP contribution in [0.3, 0.4) is 0 Å². The molecule has 0 saturated carbocycles. The summed E-state index contributed by atoms with van der Waals surface area (Å²) in [6, 6.07) is -0.138. The molecule has 1 fully saturated rings. The van der Waals surface area contributed by atoms with Crippen molar-refractivity contribution in [1.82, 2.24) is 14.1 Å². The first kappa shape index (κ1) is 14.0. The van der Waals surface area contributed by atoms with Crippen LogP contribution in [0.5, 0.6) is 0 Å². The van der Waals surface area contributed by atoms with Gasteiger partial charge in [0.05, 0.1) is 12.1 Å². The van der Waals surface area contributed by atoms with Crippen molar-refractivity contribution in [3.05, 3.63) is 12.4 Å². The number of carbonyl (C=O) groups is 1. The second kappa shape index (κ2) is 4.93. The highest BCUT2D eigenvalue weighted by Gasteiger charge is 2.37. The average Bonchev–Trinajstić information content (AvgIpc) is 2.76. The van der Waals surface area contributed by atoms with E-state index in [1.54, 1.807) is 7.05 Å². The predicted octanol–water partition coefficient (Wildman–Crippen LogP) is -0.305. The van der Waals surface area contributed by atoms with Gasteiger partial charge in [0.2, 0.25) is 15.9 Å². The first-order valence-electron chi connectivity index (χ1n) is 6.12. The minimum absolute atomic E-state index is 0.138. The summed E-state index contributed by atoms with van der Waals surface area (Å²) in [4.78, 5) is 11.4. The number of hydrogen-bond donors (Lipinski definition) is 1. The Labute approximate surface area is 112 Å². The second-order valence-corrected chi connectivity index (χ2v) is 6.84. The van der Waals surface area contributed by atoms with Crippen molar-refractivity contribution in [2.75, 3.05) is 6.54 Å². The molecule has 106 valence electrons. The summed E-state index contributed by atoms with van der Waals surface area (Å²) >= 11 is 0. The highest BCUT2D eigenvalue weighted by Crippen LogP contribution is 2.27. The number of amides is 1. The zero-order valence-electron chi connectivity index (χ0n) is 11.0. The Morgan fingerprint density at radius 1 is 1.47 bits per heavy atom. The molecule has 0 aliphatic carbocycles. The Kier molecular flexibility index (Phi) is 3.64. The summed E-state index contributed by atoms with van der Waals surface area (Å²) in [5, 5.41) is 3.88. The third-order valence-electron chi connectivity index (χ3n) is 3.51. The zero-order chi connectivity index (χ0) is 14.2. The fourth-order valence-electron chi connectivity index (χ4n) is 2.31. The van der Waals surface area contributed by atoms with E-state index in [0.29, 0.717) is 12.8 Å². The van der Waals surface area contributed by atoms with E-state index in [9.17, 15) is 13.2 Å². The summed E-state index contributed by atoms with van der Waals surface area (Å²) in [6.07, 6.45) is 4.04. The van der Waals surface area contributed by atoms with Gasteiger partial charge >= 0.3 is 0 Å². The lowest BCUT2D eigenvalue weighted by atomic mass is 9.95. The van der Waals surface area contributed by atoms with Gasteiger partial charge in [-0.05, 0) is 19.8 Å². The number of nitrogens with zero attached hydrogens (tertiary/aromatic N) is 3. The lowest BCUT2D eigenvalue weighted by Crippen LogP contribution is -2.48. The quantitative estimate of drug-likeness (QED) is 0.824. The molecule has 0 bridgehead atoms. The first-order chi connectivity index (χ1) is 8.82. The minimum Gasteiger partial charge on any atom is -0.369 e. The molecule has 0 spiro atoms. The number of nitrogens with two attached hydrogens (primary N) is 1. The third kappa shape index (κ3) is 2.64. The van der Waals surface area contributed by atoms with E-state index in [-0.39, 0.29) is 17.5 Å². The molecular formula is C11H18N4O3S. The number of hydrogen-bond acceptors (Lipinski definition) is 4. The minimum atomic E-state index is -3.61. The van der Waals surface area contributed by atoms with Crippen LogP contribution in [0.2, 0.25) is 0 Å². The SMILES string of the molecule is CC1CCC(C(N)=O)CN1S(=O)(=O)c1cnn(C)c1. The fraction of sp³-hybridized carbons (Fsp3) is 0.636. The number of carbonyl (C=O) groups excluding carboxylic acids is 1. The van der Waals surface area contributed by atoms with Crippen LogP contribution in [0.1, 0.15) is 19.8 Å². The lowest BCUT2D eigenvalue weighted by molar-refractivity contribution is -0.123. The summed E-state index contributed by atoms with van der Waals surface area (Å²) in [5.74, 6) is -0.860. The van der Waals surface area contributed by atoms with E-state index in [4.69, 9.17) is 5.73 Å². The first-order valence-corrected chi connectivity index (χ1v) is 7.56. The van der Waals surface area contributed by atoms with Crippen molar-refractivity contribution in [2.24, 2.45) is 18.7 Å². The third-order valence-corrected chi connectivity index (χ3v) is 5.45. The summed E-state index contributed by atoms with van der Waals surface area (Å²) in [7, 11) is -1.96. The van der Waals surface area contributed by atoms with Gasteiger partial charge in [0.1, 0.15) is 4.90 Å². The molecule has 2 unspecified atom stereocenters. The van der Waals surface area contributed by atoms with Gasteiger partial charge in [0.25, 0.3) is 0 Å². The molecule has 1 aliphatic heterocycles. The summed E-state index contributed by atoms with van der Waals surface area (Å²) in [6.45, 7) is 1.98. The van der Waals surface area contributed by atoms with E-state index in [1.165, 1.54) is 21.4 Å². The summed E-state index contributed by atoms with van der Waals surface area (Å²) < 4.78 is 27.8. The van der Waals surface area contributed by atoms with Gasteiger partial charge in [0, 0.05) is 25.8 Å². The maximum absolute atomic E-state index is 12.5. The van der Waals surface area contributed by atoms with Gasteiger partial charge in [-0.15, -0.1) is 0 Å². The smallest absolute Gasteiger partial charge is 0.246 e. The van der Waals surface area contributed by atoms with Crippen molar-refractivity contribution in [1.29, 1.82) is 0 Å². The molecule has 1 amide bonds. The molecule has 8 heteroatoms. The van der Waals surface area contributed by atoms with Gasteiger partial charge in [-0.3, -0.25) is 9.48 Å². The van der Waals surface area contributed by atoms with Gasteiger partial charge in [-0.1, -0.05) is 0 Å². The normalized spacial score (nSPS) is 25.4. The largest absolute Gasteiger partial charge is 0.369 e. The van der Waals surface area contributed by atoms with Gasteiger partial charge in [-0.25, -0.2) is 8.42 Å². The highest BCUT2D eigenvalue weighted by atomic mass is 32.2. The number of sulfonamides is 1. The van der Waals surface area contributed by atoms with Crippen LogP contribution in [-0.4, -0.2) is 41.0 Å². The summed E-state index contributed by atoms with van der Waals surface area (Å²) in [5.41, 5.74) is 5.28. The van der Waals surface area contributed by atoms with Crippen LogP contribution < -0.4 is 5.73 Å². The van der Waals surface area contributed by atoms with Crippen LogP contribution >= 0.6 is 0 Å². The van der Waals surface area contributed by atoms with Crippen LogP contribution in [0.15, 0.2) is 17.3 Å². The number of rotatable bonds is 3. The standard InChI is InChI=1S/C11H18N4O3S/c1-8-3-4-9(11(12)16)6-15(8)19(17,18)10-5-13-14(2)7-10/h5,7-9H,3-4,6H2,1-2H3,(H2,12,16). The molecule has 7 nitrogen and oxygen atoms in total. The molecule has 2 heterocycles. The fourth-order valence-corrected chi connectivity index (χ4v) is 4.00. The molecule has 1 aromatic heterocycles. The van der Waals surface area contributed by atoms with Crippen molar-refractivity contribution >= 4 is 15.9 Å². The number of primary amides is 1. The van der Waals surface area contributed by atoms with Gasteiger partial charge < -0.3 is 5.73 Å². The van der Waals surface area contributed by atoms with Gasteiger partial charge in [0.15, 0.2) is 0 Å². The highest BCUT2D eigenvalue weighted by molar-refractivity contribution is 7.89. The Hall–Kier alpha value is -1.41. The van der Waals surface area contributed by atoms with E-state index >= 15 is 0 Å². The Balaban J connectivity index is 2.30. The van der Waals surface area contributed by atoms with Crippen molar-refractivity contribution in [3.63, 3.8) is 0 Å². The predicted molar refractivity (Wildman–Crippen MR) is 68.5 cm³/mol. The van der Waals surface area contributed by atoms with Gasteiger partial charge in [-0.2, -0.15) is 9.40 Å². The molecular weight excluding hydrogens is 268 g/mol. The maximum Gasteiger partial charge on any atom is 0.246 e. The van der Waals surface area contributed by atoms with Crippen molar-refractivity contribution in [3.8, 4) is 0 Å². The molecule has 0 aromatic carbocycles. The molecule has 2 rings (SSSR count). The topological polar surface area (TPSA) is 98.3 Å². The molecule has 1 aromatic rings. The van der Waals surface area contributed by atoms with E-state index in [2.05, 4.69) is 5.10 Å². The molecule has 2 N–H and O–H groups in total. The monoisotopic (exact) mass is 286 g/mol. The Morgan fingerprint density at radius 2 is 2.16 bits per heavy atom. The Morgan fingerprint density at radius 3 is 2.68 bits per heavy atom. The molecule has 19 heavy (non-hydrogen) atoms. The van der Waals surface area contributed by atoms with Crippen LogP contribution in [0.4, 0.5) is 0 Å². The molecule has 2 atom stereocenters.